The van der Waals surface area contributed by atoms with Crippen molar-refractivity contribution in [2.24, 2.45) is 0 Å². The van der Waals surface area contributed by atoms with Crippen molar-refractivity contribution in [2.45, 2.75) is 0 Å². The first-order valence-corrected chi connectivity index (χ1v) is 5.15. The normalized spacial score (nSPS) is 10.3. The number of nitrogens with one attached hydrogen (secondary N) is 1. The van der Waals surface area contributed by atoms with E-state index < -0.39 is 17.5 Å². The summed E-state index contributed by atoms with van der Waals surface area (Å²) >= 11 is 5.81. The molecule has 0 fully saturated rings. The van der Waals surface area contributed by atoms with E-state index in [9.17, 15) is 14.0 Å². The van der Waals surface area contributed by atoms with Gasteiger partial charge in [-0.1, -0.05) is 11.6 Å². The molecule has 0 spiro atoms. The van der Waals surface area contributed by atoms with Crippen LogP contribution in [0.25, 0.3) is 11.3 Å². The highest BCUT2D eigenvalue weighted by atomic mass is 35.5. The maximum atomic E-state index is 12.9. The Morgan fingerprint density at radius 3 is 2.72 bits per heavy atom. The molecule has 1 aromatic heterocycles. The number of benzene rings is 1. The molecule has 7 heteroatoms. The van der Waals surface area contributed by atoms with Gasteiger partial charge in [-0.3, -0.25) is 4.98 Å². The second-order valence-corrected chi connectivity index (χ2v) is 3.82. The van der Waals surface area contributed by atoms with E-state index in [2.05, 4.69) is 9.97 Å². The monoisotopic (exact) mass is 268 g/mol. The highest BCUT2D eigenvalue weighted by Gasteiger charge is 2.11. The number of nitrogens with zero attached hydrogens (tertiary/aromatic N) is 1. The topological polar surface area (TPSA) is 83.0 Å². The van der Waals surface area contributed by atoms with Crippen molar-refractivity contribution >= 4 is 17.6 Å². The van der Waals surface area contributed by atoms with Gasteiger partial charge in [0.25, 0.3) is 0 Å². The molecular weight excluding hydrogens is 263 g/mol. The molecule has 1 aromatic carbocycles. The molecule has 0 radical (unpaired) electrons. The van der Waals surface area contributed by atoms with Crippen molar-refractivity contribution in [1.82, 2.24) is 9.97 Å². The Bertz CT molecular complexity index is 684. The summed E-state index contributed by atoms with van der Waals surface area (Å²) in [5.74, 6) is -1.83. The largest absolute Gasteiger partial charge is 0.477 e. The molecule has 0 aliphatic heterocycles. The summed E-state index contributed by atoms with van der Waals surface area (Å²) in [6, 6.07) is 4.68. The Kier molecular flexibility index (Phi) is 3.12. The minimum Gasteiger partial charge on any atom is -0.477 e. The number of H-pyrrole nitrogens is 1. The lowest BCUT2D eigenvalue weighted by Gasteiger charge is -2.04. The van der Waals surface area contributed by atoms with E-state index in [0.717, 1.165) is 18.2 Å². The summed E-state index contributed by atoms with van der Waals surface area (Å²) in [4.78, 5) is 27.7. The van der Waals surface area contributed by atoms with Crippen LogP contribution in [0.2, 0.25) is 5.02 Å². The summed E-state index contributed by atoms with van der Waals surface area (Å²) in [5.41, 5.74) is -0.775. The van der Waals surface area contributed by atoms with E-state index in [0.29, 0.717) is 0 Å². The van der Waals surface area contributed by atoms with Gasteiger partial charge in [0.05, 0.1) is 10.7 Å². The number of aromatic amines is 1. The Morgan fingerprint density at radius 1 is 1.39 bits per heavy atom. The number of rotatable bonds is 2. The van der Waals surface area contributed by atoms with Gasteiger partial charge >= 0.3 is 11.7 Å². The smallest absolute Gasteiger partial charge is 0.352 e. The molecule has 18 heavy (non-hydrogen) atoms. The fraction of sp³-hybridized carbons (Fsp3) is 0. The van der Waals surface area contributed by atoms with Crippen molar-refractivity contribution in [3.63, 3.8) is 0 Å². The quantitative estimate of drug-likeness (QED) is 0.872. The average molecular weight is 269 g/mol. The minimum atomic E-state index is -1.30. The zero-order valence-corrected chi connectivity index (χ0v) is 9.53. The molecule has 0 bridgehead atoms. The van der Waals surface area contributed by atoms with Crippen LogP contribution in [-0.4, -0.2) is 21.0 Å². The van der Waals surface area contributed by atoms with Crippen molar-refractivity contribution < 1.29 is 14.3 Å². The molecule has 1 heterocycles. The van der Waals surface area contributed by atoms with Gasteiger partial charge in [0, 0.05) is 5.56 Å². The lowest BCUT2D eigenvalue weighted by atomic mass is 10.1. The zero-order chi connectivity index (χ0) is 13.3. The molecule has 0 unspecified atom stereocenters. The Labute approximate surface area is 105 Å². The SMILES string of the molecule is O=C(O)c1cc(-c2ccc(F)cc2Cl)nc(=O)[nH]1. The predicted octanol–water partition coefficient (Wildman–Crippen LogP) is 1.93. The van der Waals surface area contributed by atoms with Crippen LogP contribution >= 0.6 is 11.6 Å². The second kappa shape index (κ2) is 4.58. The lowest BCUT2D eigenvalue weighted by Crippen LogP contribution is -2.16. The van der Waals surface area contributed by atoms with E-state index in [-0.39, 0.29) is 22.0 Å². The van der Waals surface area contributed by atoms with E-state index in [1.807, 2.05) is 0 Å². The Morgan fingerprint density at radius 2 is 2.11 bits per heavy atom. The average Bonchev–Trinajstić information content (AvgIpc) is 2.27. The fourth-order valence-corrected chi connectivity index (χ4v) is 1.67. The third-order valence-electron chi connectivity index (χ3n) is 2.18. The predicted molar refractivity (Wildman–Crippen MR) is 62.2 cm³/mol. The van der Waals surface area contributed by atoms with Gasteiger partial charge in [0.2, 0.25) is 0 Å². The van der Waals surface area contributed by atoms with Crippen molar-refractivity contribution in [1.29, 1.82) is 0 Å². The van der Waals surface area contributed by atoms with Crippen LogP contribution in [0.4, 0.5) is 4.39 Å². The van der Waals surface area contributed by atoms with Crippen LogP contribution in [0.5, 0.6) is 0 Å². The van der Waals surface area contributed by atoms with Crippen LogP contribution in [-0.2, 0) is 0 Å². The first-order chi connectivity index (χ1) is 8.47. The molecule has 0 aliphatic carbocycles. The van der Waals surface area contributed by atoms with Gasteiger partial charge in [-0.2, -0.15) is 4.98 Å². The van der Waals surface area contributed by atoms with Gasteiger partial charge < -0.3 is 5.11 Å². The maximum Gasteiger partial charge on any atom is 0.352 e. The van der Waals surface area contributed by atoms with Crippen LogP contribution in [0.3, 0.4) is 0 Å². The van der Waals surface area contributed by atoms with Crippen molar-refractivity contribution in [2.75, 3.05) is 0 Å². The molecule has 0 amide bonds. The molecule has 2 aromatic rings. The van der Waals surface area contributed by atoms with Crippen LogP contribution in [0.15, 0.2) is 29.1 Å². The Hall–Kier alpha value is -2.21. The zero-order valence-electron chi connectivity index (χ0n) is 8.78. The van der Waals surface area contributed by atoms with Gasteiger partial charge in [0.15, 0.2) is 0 Å². The molecule has 0 atom stereocenters. The molecular formula is C11H6ClFN2O3. The van der Waals surface area contributed by atoms with Crippen LogP contribution in [0.1, 0.15) is 10.5 Å². The standard InChI is InChI=1S/C11H6ClFN2O3/c12-7-3-5(13)1-2-6(7)8-4-9(10(16)17)15-11(18)14-8/h1-4H,(H,16,17)(H,14,15,18). The summed E-state index contributed by atoms with van der Waals surface area (Å²) in [6.45, 7) is 0. The molecule has 2 rings (SSSR count). The van der Waals surface area contributed by atoms with E-state index in [1.54, 1.807) is 0 Å². The maximum absolute atomic E-state index is 12.9. The number of aromatic carboxylic acids is 1. The number of hydrogen-bond acceptors (Lipinski definition) is 3. The first kappa shape index (κ1) is 12.3. The summed E-state index contributed by atoms with van der Waals surface area (Å²) < 4.78 is 12.9. The number of carbonyl (C=O) groups is 1. The fourth-order valence-electron chi connectivity index (χ4n) is 1.41. The number of aromatic nitrogens is 2. The van der Waals surface area contributed by atoms with Crippen molar-refractivity contribution in [3.05, 3.63) is 51.3 Å². The molecule has 92 valence electrons. The third-order valence-corrected chi connectivity index (χ3v) is 2.49. The highest BCUT2D eigenvalue weighted by Crippen LogP contribution is 2.26. The molecule has 5 nitrogen and oxygen atoms in total. The molecule has 0 aliphatic rings. The molecule has 0 saturated heterocycles. The van der Waals surface area contributed by atoms with Crippen LogP contribution in [0, 0.1) is 5.82 Å². The van der Waals surface area contributed by atoms with Gasteiger partial charge in [-0.25, -0.2) is 14.0 Å². The lowest BCUT2D eigenvalue weighted by molar-refractivity contribution is 0.0690. The Balaban J connectivity index is 2.64. The van der Waals surface area contributed by atoms with E-state index >= 15 is 0 Å². The van der Waals surface area contributed by atoms with E-state index in [1.165, 1.54) is 6.07 Å². The van der Waals surface area contributed by atoms with Crippen LogP contribution < -0.4 is 5.69 Å². The molecule has 2 N–H and O–H groups in total. The highest BCUT2D eigenvalue weighted by molar-refractivity contribution is 6.33. The number of hydrogen-bond donors (Lipinski definition) is 2. The summed E-state index contributed by atoms with van der Waals surface area (Å²) in [5, 5.41) is 8.85. The minimum absolute atomic E-state index is 0.0458. The van der Waals surface area contributed by atoms with Gasteiger partial charge in [-0.05, 0) is 24.3 Å². The summed E-state index contributed by atoms with van der Waals surface area (Å²) in [6.07, 6.45) is 0. The number of carboxylic acid groups (broad SMARTS) is 1. The first-order valence-electron chi connectivity index (χ1n) is 4.77. The number of halogens is 2. The summed E-state index contributed by atoms with van der Waals surface area (Å²) in [7, 11) is 0. The third kappa shape index (κ3) is 2.38. The molecule has 0 saturated carbocycles. The number of carboxylic acids is 1. The van der Waals surface area contributed by atoms with E-state index in [4.69, 9.17) is 16.7 Å². The van der Waals surface area contributed by atoms with Gasteiger partial charge in [-0.15, -0.1) is 0 Å². The van der Waals surface area contributed by atoms with Crippen molar-refractivity contribution in [3.8, 4) is 11.3 Å². The second-order valence-electron chi connectivity index (χ2n) is 3.41. The van der Waals surface area contributed by atoms with Gasteiger partial charge in [0.1, 0.15) is 11.5 Å².